The SMILES string of the molecule is CC1CCC(c2cc3c(s2)C2=CC2S3)C1. The summed E-state index contributed by atoms with van der Waals surface area (Å²) in [6.07, 6.45) is 6.69. The Morgan fingerprint density at radius 1 is 1.33 bits per heavy atom. The van der Waals surface area contributed by atoms with Crippen LogP contribution in [0.2, 0.25) is 0 Å². The second-order valence-electron chi connectivity index (χ2n) is 5.12. The largest absolute Gasteiger partial charge is 0.139 e. The van der Waals surface area contributed by atoms with Gasteiger partial charge in [-0.2, -0.15) is 0 Å². The quantitative estimate of drug-likeness (QED) is 0.688. The highest BCUT2D eigenvalue weighted by Crippen LogP contribution is 2.58. The van der Waals surface area contributed by atoms with E-state index in [2.05, 4.69) is 42.2 Å². The van der Waals surface area contributed by atoms with E-state index < -0.39 is 0 Å². The van der Waals surface area contributed by atoms with Gasteiger partial charge in [0.1, 0.15) is 0 Å². The zero-order valence-electron chi connectivity index (χ0n) is 8.82. The van der Waals surface area contributed by atoms with Crippen molar-refractivity contribution < 1.29 is 0 Å². The van der Waals surface area contributed by atoms with Crippen LogP contribution < -0.4 is 0 Å². The molecular formula is C13H14S2. The number of thioether (sulfide) groups is 1. The molecule has 0 saturated heterocycles. The molecule has 2 heterocycles. The van der Waals surface area contributed by atoms with Crippen molar-refractivity contribution in [2.45, 2.75) is 42.2 Å². The molecule has 4 rings (SSSR count). The Bertz CT molecular complexity index is 455. The lowest BCUT2D eigenvalue weighted by Gasteiger charge is -2.05. The molecule has 3 unspecified atom stereocenters. The van der Waals surface area contributed by atoms with E-state index in [1.54, 1.807) is 20.2 Å². The van der Waals surface area contributed by atoms with Crippen LogP contribution in [0.5, 0.6) is 0 Å². The van der Waals surface area contributed by atoms with Gasteiger partial charge in [-0.1, -0.05) is 19.4 Å². The van der Waals surface area contributed by atoms with E-state index >= 15 is 0 Å². The highest BCUT2D eigenvalue weighted by molar-refractivity contribution is 8.01. The maximum atomic E-state index is 2.49. The summed E-state index contributed by atoms with van der Waals surface area (Å²) < 4.78 is 0. The molecule has 78 valence electrons. The van der Waals surface area contributed by atoms with Crippen molar-refractivity contribution in [2.24, 2.45) is 5.92 Å². The molecule has 0 amide bonds. The van der Waals surface area contributed by atoms with Crippen LogP contribution in [0, 0.1) is 5.92 Å². The van der Waals surface area contributed by atoms with Crippen molar-refractivity contribution in [3.63, 3.8) is 0 Å². The van der Waals surface area contributed by atoms with Crippen LogP contribution in [0.15, 0.2) is 17.0 Å². The van der Waals surface area contributed by atoms with E-state index in [1.807, 2.05) is 0 Å². The molecule has 2 heteroatoms. The van der Waals surface area contributed by atoms with E-state index in [-0.39, 0.29) is 0 Å². The minimum absolute atomic E-state index is 0.780. The number of fused-ring (bicyclic) bond motifs is 3. The molecule has 1 aromatic heterocycles. The molecule has 1 fully saturated rings. The molecule has 1 aromatic rings. The summed E-state index contributed by atoms with van der Waals surface area (Å²) in [4.78, 5) is 4.86. The summed E-state index contributed by atoms with van der Waals surface area (Å²) in [5.74, 6) is 1.83. The highest BCUT2D eigenvalue weighted by atomic mass is 32.2. The molecule has 1 saturated carbocycles. The van der Waals surface area contributed by atoms with Crippen molar-refractivity contribution in [3.05, 3.63) is 21.9 Å². The predicted octanol–water partition coefficient (Wildman–Crippen LogP) is 4.52. The standard InChI is InChI=1S/C13H14S2/c1-7-2-3-8(4-7)10-6-12-13(15-10)9-5-11(9)14-12/h5-8,11H,2-4H2,1H3. The first-order valence-electron chi connectivity index (χ1n) is 5.84. The van der Waals surface area contributed by atoms with Crippen molar-refractivity contribution >= 4 is 28.7 Å². The van der Waals surface area contributed by atoms with E-state index in [9.17, 15) is 0 Å². The first-order chi connectivity index (χ1) is 7.31. The smallest absolute Gasteiger partial charge is 0.0543 e. The zero-order valence-corrected chi connectivity index (χ0v) is 10.5. The predicted molar refractivity (Wildman–Crippen MR) is 67.7 cm³/mol. The molecular weight excluding hydrogens is 220 g/mol. The summed E-state index contributed by atoms with van der Waals surface area (Å²) in [6.45, 7) is 2.40. The summed E-state index contributed by atoms with van der Waals surface area (Å²) in [6, 6.07) is 2.49. The van der Waals surface area contributed by atoms with Crippen molar-refractivity contribution in [1.29, 1.82) is 0 Å². The monoisotopic (exact) mass is 234 g/mol. The van der Waals surface area contributed by atoms with Gasteiger partial charge in [0.05, 0.1) is 5.25 Å². The summed E-state index contributed by atoms with van der Waals surface area (Å²) in [5.41, 5.74) is 1.64. The molecule has 3 aliphatic rings. The zero-order chi connectivity index (χ0) is 9.99. The minimum atomic E-state index is 0.780. The van der Waals surface area contributed by atoms with Crippen molar-refractivity contribution in [2.75, 3.05) is 0 Å². The Labute approximate surface area is 98.8 Å². The third kappa shape index (κ3) is 1.27. The molecule has 0 bridgehead atoms. The molecule has 1 aliphatic heterocycles. The Morgan fingerprint density at radius 2 is 2.27 bits per heavy atom. The normalized spacial score (nSPS) is 36.3. The average Bonchev–Trinajstić information content (AvgIpc) is 2.63. The van der Waals surface area contributed by atoms with E-state index in [0.29, 0.717) is 0 Å². The summed E-state index contributed by atoms with van der Waals surface area (Å²) in [5, 5.41) is 0.780. The molecule has 0 nitrogen and oxygen atoms in total. The van der Waals surface area contributed by atoms with E-state index in [1.165, 1.54) is 19.3 Å². The Kier molecular flexibility index (Phi) is 1.73. The number of hydrogen-bond acceptors (Lipinski definition) is 2. The maximum absolute atomic E-state index is 2.49. The van der Waals surface area contributed by atoms with Crippen LogP contribution in [0.25, 0.3) is 5.57 Å². The van der Waals surface area contributed by atoms with E-state index in [0.717, 1.165) is 17.1 Å². The average molecular weight is 234 g/mol. The van der Waals surface area contributed by atoms with Gasteiger partial charge in [-0.25, -0.2) is 0 Å². The van der Waals surface area contributed by atoms with Gasteiger partial charge < -0.3 is 0 Å². The highest BCUT2D eigenvalue weighted by Gasteiger charge is 2.38. The molecule has 0 N–H and O–H groups in total. The van der Waals surface area contributed by atoms with Gasteiger partial charge in [0, 0.05) is 14.6 Å². The van der Waals surface area contributed by atoms with Crippen LogP contribution >= 0.6 is 23.1 Å². The van der Waals surface area contributed by atoms with Gasteiger partial charge in [0.25, 0.3) is 0 Å². The molecule has 0 aromatic carbocycles. The second-order valence-corrected chi connectivity index (χ2v) is 7.38. The van der Waals surface area contributed by atoms with Crippen LogP contribution in [0.1, 0.15) is 41.9 Å². The van der Waals surface area contributed by atoms with Crippen LogP contribution in [0.3, 0.4) is 0 Å². The third-order valence-electron chi connectivity index (χ3n) is 3.86. The molecule has 3 atom stereocenters. The molecule has 2 aliphatic carbocycles. The first kappa shape index (κ1) is 8.89. The second kappa shape index (κ2) is 2.92. The van der Waals surface area contributed by atoms with Gasteiger partial charge in [0.15, 0.2) is 0 Å². The number of hydrogen-bond donors (Lipinski definition) is 0. The summed E-state index contributed by atoms with van der Waals surface area (Å²) in [7, 11) is 0. The Balaban J connectivity index is 1.67. The molecule has 0 spiro atoms. The Hall–Kier alpha value is -0.210. The Morgan fingerprint density at radius 3 is 3.00 bits per heavy atom. The lowest BCUT2D eigenvalue weighted by atomic mass is 10.0. The minimum Gasteiger partial charge on any atom is -0.139 e. The van der Waals surface area contributed by atoms with Gasteiger partial charge in [-0.15, -0.1) is 23.1 Å². The molecule has 0 radical (unpaired) electrons. The lowest BCUT2D eigenvalue weighted by Crippen LogP contribution is -1.89. The number of rotatable bonds is 1. The topological polar surface area (TPSA) is 0 Å². The molecule has 15 heavy (non-hydrogen) atoms. The lowest BCUT2D eigenvalue weighted by molar-refractivity contribution is 0.598. The summed E-state index contributed by atoms with van der Waals surface area (Å²) >= 11 is 4.15. The fraction of sp³-hybridized carbons (Fsp3) is 0.538. The maximum Gasteiger partial charge on any atom is 0.0543 e. The van der Waals surface area contributed by atoms with Gasteiger partial charge in [-0.3, -0.25) is 0 Å². The fourth-order valence-corrected chi connectivity index (χ4v) is 5.74. The van der Waals surface area contributed by atoms with Crippen LogP contribution in [-0.4, -0.2) is 5.25 Å². The van der Waals surface area contributed by atoms with E-state index in [4.69, 9.17) is 0 Å². The van der Waals surface area contributed by atoms with Crippen molar-refractivity contribution in [3.8, 4) is 0 Å². The van der Waals surface area contributed by atoms with Crippen LogP contribution in [-0.2, 0) is 0 Å². The van der Waals surface area contributed by atoms with Crippen molar-refractivity contribution in [1.82, 2.24) is 0 Å². The number of thiophene rings is 1. The fourth-order valence-electron chi connectivity index (χ4n) is 2.90. The van der Waals surface area contributed by atoms with Gasteiger partial charge in [-0.05, 0) is 36.3 Å². The third-order valence-corrected chi connectivity index (χ3v) is 6.55. The van der Waals surface area contributed by atoms with Gasteiger partial charge >= 0.3 is 0 Å². The van der Waals surface area contributed by atoms with Gasteiger partial charge in [0.2, 0.25) is 0 Å². The van der Waals surface area contributed by atoms with Crippen LogP contribution in [0.4, 0.5) is 0 Å². The first-order valence-corrected chi connectivity index (χ1v) is 7.53.